The van der Waals surface area contributed by atoms with Gasteiger partial charge in [0, 0.05) is 11.3 Å². The van der Waals surface area contributed by atoms with Gasteiger partial charge < -0.3 is 19.7 Å². The van der Waals surface area contributed by atoms with Crippen LogP contribution in [0.2, 0.25) is 0 Å². The summed E-state index contributed by atoms with van der Waals surface area (Å²) in [5.41, 5.74) is 2.69. The normalized spacial score (nSPS) is 16.5. The number of ketones is 1. The van der Waals surface area contributed by atoms with Crippen LogP contribution in [0, 0.1) is 13.8 Å². The second kappa shape index (κ2) is 10.8. The molecule has 1 amide bonds. The van der Waals surface area contributed by atoms with Crippen molar-refractivity contribution >= 4 is 29.1 Å². The summed E-state index contributed by atoms with van der Waals surface area (Å²) < 4.78 is 10.6. The third-order valence-electron chi connectivity index (χ3n) is 6.45. The van der Waals surface area contributed by atoms with E-state index in [1.54, 1.807) is 56.5 Å². The maximum Gasteiger partial charge on any atom is 0.338 e. The highest BCUT2D eigenvalue weighted by atomic mass is 16.5. The number of rotatable bonds is 7. The molecule has 8 heteroatoms. The number of aryl methyl sites for hydroxylation is 2. The summed E-state index contributed by atoms with van der Waals surface area (Å²) in [6.07, 6.45) is 0.658. The lowest BCUT2D eigenvalue weighted by Gasteiger charge is -2.26. The molecule has 0 aliphatic carbocycles. The van der Waals surface area contributed by atoms with Crippen LogP contribution < -0.4 is 9.64 Å². The van der Waals surface area contributed by atoms with E-state index in [9.17, 15) is 24.6 Å². The number of hydrogen-bond donors (Lipinski definition) is 2. The Bertz CT molecular complexity index is 1440. The summed E-state index contributed by atoms with van der Waals surface area (Å²) >= 11 is 0. The van der Waals surface area contributed by atoms with Crippen molar-refractivity contribution in [3.8, 4) is 11.5 Å². The Morgan fingerprint density at radius 3 is 2.37 bits per heavy atom. The van der Waals surface area contributed by atoms with Crippen molar-refractivity contribution in [2.45, 2.75) is 33.2 Å². The van der Waals surface area contributed by atoms with E-state index in [0.29, 0.717) is 28.9 Å². The first kappa shape index (κ1) is 26.5. The van der Waals surface area contributed by atoms with Crippen LogP contribution in [-0.2, 0) is 14.3 Å². The van der Waals surface area contributed by atoms with Gasteiger partial charge in [-0.3, -0.25) is 14.5 Å². The molecule has 1 saturated heterocycles. The van der Waals surface area contributed by atoms with Crippen molar-refractivity contribution in [3.63, 3.8) is 0 Å². The number of carbonyl (C=O) groups is 3. The number of methoxy groups -OCH3 is 1. The molecule has 0 saturated carbocycles. The van der Waals surface area contributed by atoms with Crippen molar-refractivity contribution in [1.82, 2.24) is 0 Å². The number of benzene rings is 3. The van der Waals surface area contributed by atoms with Gasteiger partial charge in [-0.25, -0.2) is 4.79 Å². The van der Waals surface area contributed by atoms with Gasteiger partial charge in [0.15, 0.2) is 0 Å². The van der Waals surface area contributed by atoms with E-state index in [4.69, 9.17) is 9.47 Å². The molecule has 1 atom stereocenters. The zero-order valence-corrected chi connectivity index (χ0v) is 21.6. The Kier molecular flexibility index (Phi) is 7.52. The fourth-order valence-corrected chi connectivity index (χ4v) is 4.54. The summed E-state index contributed by atoms with van der Waals surface area (Å²) in [5, 5.41) is 21.3. The highest BCUT2D eigenvalue weighted by Crippen LogP contribution is 2.43. The summed E-state index contributed by atoms with van der Waals surface area (Å²) in [6.45, 7) is 5.72. The van der Waals surface area contributed by atoms with Crippen LogP contribution in [-0.4, -0.2) is 41.6 Å². The van der Waals surface area contributed by atoms with E-state index in [0.717, 1.165) is 5.56 Å². The predicted molar refractivity (Wildman–Crippen MR) is 142 cm³/mol. The molecule has 4 rings (SSSR count). The molecule has 1 heterocycles. The molecular formula is C30H29NO7. The minimum absolute atomic E-state index is 0.00740. The number of ether oxygens (including phenoxy) is 2. The molecule has 3 aromatic carbocycles. The number of aromatic hydroxyl groups is 1. The van der Waals surface area contributed by atoms with Gasteiger partial charge in [0.05, 0.1) is 30.9 Å². The number of aliphatic hydroxyl groups is 1. The van der Waals surface area contributed by atoms with E-state index in [1.807, 2.05) is 13.8 Å². The van der Waals surface area contributed by atoms with Crippen LogP contribution in [0.3, 0.4) is 0 Å². The Hall–Kier alpha value is -4.59. The molecule has 38 heavy (non-hydrogen) atoms. The molecule has 1 unspecified atom stereocenters. The second-order valence-electron chi connectivity index (χ2n) is 9.08. The fourth-order valence-electron chi connectivity index (χ4n) is 4.54. The van der Waals surface area contributed by atoms with Crippen LogP contribution in [0.25, 0.3) is 5.76 Å². The summed E-state index contributed by atoms with van der Waals surface area (Å²) in [7, 11) is 1.55. The summed E-state index contributed by atoms with van der Waals surface area (Å²) in [4.78, 5) is 40.7. The van der Waals surface area contributed by atoms with Gasteiger partial charge in [-0.2, -0.15) is 0 Å². The maximum absolute atomic E-state index is 13.5. The number of Topliss-reactive ketones (excluding diaryl/α,β-unsaturated/α-hetero) is 1. The van der Waals surface area contributed by atoms with Crippen molar-refractivity contribution in [1.29, 1.82) is 0 Å². The van der Waals surface area contributed by atoms with E-state index in [1.165, 1.54) is 23.1 Å². The Morgan fingerprint density at radius 1 is 1.00 bits per heavy atom. The highest BCUT2D eigenvalue weighted by Gasteiger charge is 2.47. The minimum Gasteiger partial charge on any atom is -0.508 e. The van der Waals surface area contributed by atoms with Crippen LogP contribution in [0.15, 0.2) is 66.2 Å². The maximum atomic E-state index is 13.5. The van der Waals surface area contributed by atoms with Crippen molar-refractivity contribution in [2.75, 3.05) is 18.6 Å². The number of amides is 1. The Morgan fingerprint density at radius 2 is 1.71 bits per heavy atom. The number of anilines is 1. The molecule has 0 aromatic heterocycles. The van der Waals surface area contributed by atoms with Gasteiger partial charge in [0.25, 0.3) is 11.7 Å². The zero-order chi connectivity index (χ0) is 27.6. The molecule has 1 aliphatic rings. The van der Waals surface area contributed by atoms with Crippen LogP contribution in [0.1, 0.15) is 52.0 Å². The van der Waals surface area contributed by atoms with E-state index in [-0.39, 0.29) is 34.9 Å². The third kappa shape index (κ3) is 4.85. The van der Waals surface area contributed by atoms with Gasteiger partial charge in [-0.1, -0.05) is 25.1 Å². The number of phenolic OH excluding ortho intramolecular Hbond substituents is 1. The molecule has 0 bridgehead atoms. The van der Waals surface area contributed by atoms with Crippen molar-refractivity contribution in [3.05, 3.63) is 94.1 Å². The largest absolute Gasteiger partial charge is 0.508 e. The lowest BCUT2D eigenvalue weighted by molar-refractivity contribution is -0.132. The lowest BCUT2D eigenvalue weighted by atomic mass is 9.93. The molecule has 0 radical (unpaired) electrons. The number of nitrogens with zero attached hydrogens (tertiary/aromatic N) is 1. The van der Waals surface area contributed by atoms with E-state index >= 15 is 0 Å². The number of carbonyl (C=O) groups excluding carboxylic acids is 3. The molecule has 8 nitrogen and oxygen atoms in total. The SMILES string of the molecule is CCCOC(=O)c1cccc(N2C(=O)C(=O)/C(=C(/O)c3cc(C)c(OC)cc3C)C2c2ccc(O)cc2)c1. The predicted octanol–water partition coefficient (Wildman–Crippen LogP) is 5.21. The topological polar surface area (TPSA) is 113 Å². The third-order valence-corrected chi connectivity index (χ3v) is 6.45. The lowest BCUT2D eigenvalue weighted by Crippen LogP contribution is -2.29. The smallest absolute Gasteiger partial charge is 0.338 e. The first-order valence-corrected chi connectivity index (χ1v) is 12.2. The van der Waals surface area contributed by atoms with Crippen LogP contribution in [0.5, 0.6) is 11.5 Å². The van der Waals surface area contributed by atoms with Gasteiger partial charge in [0.1, 0.15) is 17.3 Å². The van der Waals surface area contributed by atoms with Crippen molar-refractivity contribution < 1.29 is 34.1 Å². The number of esters is 1. The molecule has 0 spiro atoms. The molecular weight excluding hydrogens is 486 g/mol. The molecule has 2 N–H and O–H groups in total. The van der Waals surface area contributed by atoms with E-state index < -0.39 is 23.7 Å². The molecule has 1 fully saturated rings. The highest BCUT2D eigenvalue weighted by molar-refractivity contribution is 6.51. The second-order valence-corrected chi connectivity index (χ2v) is 9.08. The Balaban J connectivity index is 1.91. The van der Waals surface area contributed by atoms with Crippen molar-refractivity contribution in [2.24, 2.45) is 0 Å². The minimum atomic E-state index is -1.01. The van der Waals surface area contributed by atoms with Crippen LogP contribution >= 0.6 is 0 Å². The monoisotopic (exact) mass is 515 g/mol. The first-order valence-electron chi connectivity index (χ1n) is 12.2. The first-order chi connectivity index (χ1) is 18.2. The van der Waals surface area contributed by atoms with Gasteiger partial charge >= 0.3 is 5.97 Å². The number of hydrogen-bond acceptors (Lipinski definition) is 7. The molecule has 1 aliphatic heterocycles. The van der Waals surface area contributed by atoms with Gasteiger partial charge in [-0.05, 0) is 79.4 Å². The van der Waals surface area contributed by atoms with Gasteiger partial charge in [0.2, 0.25) is 0 Å². The standard InChI is InChI=1S/C30H29NO7/c1-5-13-38-30(36)20-7-6-8-21(16-20)31-26(19-9-11-22(32)12-10-19)25(28(34)29(31)35)27(33)23-14-18(3)24(37-4)15-17(23)2/h6-12,14-16,26,32-33H,5,13H2,1-4H3/b27-25+. The average Bonchev–Trinajstić information content (AvgIpc) is 3.18. The number of phenols is 1. The van der Waals surface area contributed by atoms with E-state index in [2.05, 4.69) is 0 Å². The quantitative estimate of drug-likeness (QED) is 0.192. The fraction of sp³-hybridized carbons (Fsp3) is 0.233. The average molecular weight is 516 g/mol. The molecule has 3 aromatic rings. The zero-order valence-electron chi connectivity index (χ0n) is 21.6. The summed E-state index contributed by atoms with van der Waals surface area (Å²) in [5.74, 6) is -1.96. The Labute approximate surface area is 220 Å². The van der Waals surface area contributed by atoms with Gasteiger partial charge in [-0.15, -0.1) is 0 Å². The summed E-state index contributed by atoms with van der Waals surface area (Å²) in [6, 6.07) is 14.7. The van der Waals surface area contributed by atoms with Crippen LogP contribution in [0.4, 0.5) is 5.69 Å². The number of aliphatic hydroxyl groups excluding tert-OH is 1. The molecule has 196 valence electrons.